The second kappa shape index (κ2) is 52.0. The van der Waals surface area contributed by atoms with Gasteiger partial charge in [-0.3, -0.25) is 14.4 Å². The third-order valence-corrected chi connectivity index (χ3v) is 11.8. The lowest BCUT2D eigenvalue weighted by molar-refractivity contribution is -0.167. The summed E-state index contributed by atoms with van der Waals surface area (Å²) >= 11 is 0. The van der Waals surface area contributed by atoms with Crippen molar-refractivity contribution in [2.75, 3.05) is 13.2 Å². The molecule has 1 unspecified atom stereocenters. The number of hydrogen-bond acceptors (Lipinski definition) is 6. The van der Waals surface area contributed by atoms with E-state index in [1.165, 1.54) is 141 Å². The van der Waals surface area contributed by atoms with E-state index in [1.54, 1.807) is 0 Å². The van der Waals surface area contributed by atoms with Crippen molar-refractivity contribution in [2.45, 2.75) is 284 Å². The summed E-state index contributed by atoms with van der Waals surface area (Å²) in [5, 5.41) is 0. The van der Waals surface area contributed by atoms with Crippen molar-refractivity contribution in [2.24, 2.45) is 0 Å². The van der Waals surface area contributed by atoms with Gasteiger partial charge in [0.2, 0.25) is 0 Å². The molecule has 0 fully saturated rings. The van der Waals surface area contributed by atoms with E-state index in [-0.39, 0.29) is 31.1 Å². The van der Waals surface area contributed by atoms with Gasteiger partial charge in [-0.25, -0.2) is 0 Å². The molecule has 0 aromatic heterocycles. The highest BCUT2D eigenvalue weighted by Crippen LogP contribution is 2.16. The van der Waals surface area contributed by atoms with Crippen molar-refractivity contribution < 1.29 is 28.6 Å². The van der Waals surface area contributed by atoms with Crippen molar-refractivity contribution in [3.63, 3.8) is 0 Å². The fourth-order valence-electron chi connectivity index (χ4n) is 7.79. The van der Waals surface area contributed by atoms with E-state index in [0.717, 1.165) is 96.3 Å². The minimum atomic E-state index is -0.781. The molecule has 0 heterocycles. The molecular formula is C57H102O6. The first-order valence-electron chi connectivity index (χ1n) is 27.1. The first-order chi connectivity index (χ1) is 31.0. The van der Waals surface area contributed by atoms with Gasteiger partial charge in [0.25, 0.3) is 0 Å². The van der Waals surface area contributed by atoms with Crippen LogP contribution in [0.2, 0.25) is 0 Å². The molecule has 366 valence electrons. The number of unbranched alkanes of at least 4 members (excludes halogenated alkanes) is 30. The van der Waals surface area contributed by atoms with Gasteiger partial charge in [-0.1, -0.05) is 249 Å². The lowest BCUT2D eigenvalue weighted by Crippen LogP contribution is -2.30. The maximum absolute atomic E-state index is 12.8. The third kappa shape index (κ3) is 50.2. The fourth-order valence-corrected chi connectivity index (χ4v) is 7.79. The Labute approximate surface area is 390 Å². The standard InChI is InChI=1S/C57H102O6/c1-4-7-10-13-16-19-21-23-25-27-28-29-31-32-34-36-38-41-44-47-50-56(59)62-53-54(52-61-55(58)49-46-43-40-18-15-12-9-6-3)63-57(60)51-48-45-42-39-37-35-33-30-26-24-22-20-17-14-11-8-5-2/h8,11,17,20,24,26,33,35,54H,4-7,9-10,12-16,18-19,21-23,25,27-32,34,36-53H2,1-3H3/b11-8-,20-17-,26-24-,35-33-. The van der Waals surface area contributed by atoms with Crippen molar-refractivity contribution >= 4 is 17.9 Å². The first kappa shape index (κ1) is 60.4. The monoisotopic (exact) mass is 883 g/mol. The van der Waals surface area contributed by atoms with Gasteiger partial charge in [-0.15, -0.1) is 0 Å². The predicted octanol–water partition coefficient (Wildman–Crippen LogP) is 17.9. The molecule has 6 nitrogen and oxygen atoms in total. The summed E-state index contributed by atoms with van der Waals surface area (Å²) in [6.45, 7) is 6.50. The predicted molar refractivity (Wildman–Crippen MR) is 270 cm³/mol. The molecule has 0 aliphatic heterocycles. The van der Waals surface area contributed by atoms with Gasteiger partial charge in [0.15, 0.2) is 6.10 Å². The highest BCUT2D eigenvalue weighted by atomic mass is 16.6. The molecule has 0 spiro atoms. The molecule has 0 aliphatic carbocycles. The van der Waals surface area contributed by atoms with Gasteiger partial charge >= 0.3 is 17.9 Å². The van der Waals surface area contributed by atoms with Crippen molar-refractivity contribution in [1.29, 1.82) is 0 Å². The molecule has 63 heavy (non-hydrogen) atoms. The molecule has 0 rings (SSSR count). The summed E-state index contributed by atoms with van der Waals surface area (Å²) in [6, 6.07) is 0. The minimum absolute atomic E-state index is 0.0797. The van der Waals surface area contributed by atoms with Crippen LogP contribution >= 0.6 is 0 Å². The van der Waals surface area contributed by atoms with Gasteiger partial charge in [0, 0.05) is 19.3 Å². The zero-order chi connectivity index (χ0) is 45.8. The van der Waals surface area contributed by atoms with Crippen molar-refractivity contribution in [3.05, 3.63) is 48.6 Å². The van der Waals surface area contributed by atoms with Crippen LogP contribution in [-0.2, 0) is 28.6 Å². The SMILES string of the molecule is CC/C=C\C/C=C\C/C=C\C/C=C\CCCCCCC(=O)OC(COC(=O)CCCCCCCCCC)COC(=O)CCCCCCCCCCCCCCCCCCCCCC. The van der Waals surface area contributed by atoms with E-state index in [4.69, 9.17) is 14.2 Å². The third-order valence-electron chi connectivity index (χ3n) is 11.8. The van der Waals surface area contributed by atoms with Crippen LogP contribution in [0.15, 0.2) is 48.6 Å². The Hall–Kier alpha value is -2.63. The van der Waals surface area contributed by atoms with Gasteiger partial charge in [-0.05, 0) is 57.8 Å². The van der Waals surface area contributed by atoms with Gasteiger partial charge in [0.05, 0.1) is 0 Å². The van der Waals surface area contributed by atoms with Crippen LogP contribution in [-0.4, -0.2) is 37.2 Å². The number of rotatable bonds is 49. The maximum Gasteiger partial charge on any atom is 0.306 e. The largest absolute Gasteiger partial charge is 0.462 e. The number of carbonyl (C=O) groups excluding carboxylic acids is 3. The lowest BCUT2D eigenvalue weighted by Gasteiger charge is -2.18. The topological polar surface area (TPSA) is 78.9 Å². The Morgan fingerprint density at radius 2 is 0.619 bits per heavy atom. The van der Waals surface area contributed by atoms with E-state index in [9.17, 15) is 14.4 Å². The molecule has 0 aromatic rings. The van der Waals surface area contributed by atoms with Crippen LogP contribution in [0.5, 0.6) is 0 Å². The van der Waals surface area contributed by atoms with Crippen LogP contribution in [0.4, 0.5) is 0 Å². The van der Waals surface area contributed by atoms with E-state index in [1.807, 2.05) is 0 Å². The number of carbonyl (C=O) groups is 3. The van der Waals surface area contributed by atoms with Crippen LogP contribution in [0, 0.1) is 0 Å². The Kier molecular flexibility index (Phi) is 49.8. The van der Waals surface area contributed by atoms with E-state index in [0.29, 0.717) is 19.3 Å². The normalized spacial score (nSPS) is 12.4. The highest BCUT2D eigenvalue weighted by Gasteiger charge is 2.19. The molecule has 0 saturated heterocycles. The summed E-state index contributed by atoms with van der Waals surface area (Å²) < 4.78 is 16.8. The molecular weight excluding hydrogens is 781 g/mol. The Morgan fingerprint density at radius 1 is 0.333 bits per heavy atom. The summed E-state index contributed by atoms with van der Waals surface area (Å²) in [7, 11) is 0. The molecule has 0 bridgehead atoms. The molecule has 0 aliphatic rings. The average molecular weight is 883 g/mol. The Morgan fingerprint density at radius 3 is 0.968 bits per heavy atom. The fraction of sp³-hybridized carbons (Fsp3) is 0.807. The zero-order valence-electron chi connectivity index (χ0n) is 41.8. The second-order valence-electron chi connectivity index (χ2n) is 18.1. The van der Waals surface area contributed by atoms with Crippen LogP contribution < -0.4 is 0 Å². The molecule has 1 atom stereocenters. The summed E-state index contributed by atoms with van der Waals surface area (Å²) in [5.41, 5.74) is 0. The van der Waals surface area contributed by atoms with Crippen molar-refractivity contribution in [3.8, 4) is 0 Å². The lowest BCUT2D eigenvalue weighted by atomic mass is 10.0. The Balaban J connectivity index is 4.26. The Bertz CT molecular complexity index is 1110. The number of hydrogen-bond donors (Lipinski definition) is 0. The molecule has 0 aromatic carbocycles. The van der Waals surface area contributed by atoms with E-state index in [2.05, 4.69) is 69.4 Å². The summed E-state index contributed by atoms with van der Waals surface area (Å²) in [5.74, 6) is -0.897. The molecule has 0 amide bonds. The van der Waals surface area contributed by atoms with Crippen molar-refractivity contribution in [1.82, 2.24) is 0 Å². The highest BCUT2D eigenvalue weighted by molar-refractivity contribution is 5.71. The maximum atomic E-state index is 12.8. The van der Waals surface area contributed by atoms with Gasteiger partial charge in [-0.2, -0.15) is 0 Å². The smallest absolute Gasteiger partial charge is 0.306 e. The first-order valence-corrected chi connectivity index (χ1v) is 27.1. The number of ether oxygens (including phenoxy) is 3. The van der Waals surface area contributed by atoms with Crippen LogP contribution in [0.3, 0.4) is 0 Å². The van der Waals surface area contributed by atoms with Crippen LogP contribution in [0.25, 0.3) is 0 Å². The second-order valence-corrected chi connectivity index (χ2v) is 18.1. The summed E-state index contributed by atoms with van der Waals surface area (Å²) in [4.78, 5) is 37.9. The average Bonchev–Trinajstić information content (AvgIpc) is 3.28. The van der Waals surface area contributed by atoms with E-state index < -0.39 is 6.10 Å². The molecule has 0 radical (unpaired) electrons. The van der Waals surface area contributed by atoms with Gasteiger partial charge in [0.1, 0.15) is 13.2 Å². The molecule has 0 saturated carbocycles. The molecule has 6 heteroatoms. The van der Waals surface area contributed by atoms with E-state index >= 15 is 0 Å². The van der Waals surface area contributed by atoms with Gasteiger partial charge < -0.3 is 14.2 Å². The number of allylic oxidation sites excluding steroid dienone is 8. The molecule has 0 N–H and O–H groups in total. The van der Waals surface area contributed by atoms with Crippen LogP contribution in [0.1, 0.15) is 278 Å². The quantitative estimate of drug-likeness (QED) is 0.0262. The number of esters is 3. The minimum Gasteiger partial charge on any atom is -0.462 e. The zero-order valence-corrected chi connectivity index (χ0v) is 41.8. The summed E-state index contributed by atoms with van der Waals surface area (Å²) in [6.07, 6.45) is 62.6.